The molecule has 28 heavy (non-hydrogen) atoms. The lowest BCUT2D eigenvalue weighted by molar-refractivity contribution is 0.267. The van der Waals surface area contributed by atoms with Crippen molar-refractivity contribution in [2.24, 2.45) is 0 Å². The Morgan fingerprint density at radius 3 is 2.46 bits per heavy atom. The van der Waals surface area contributed by atoms with Crippen molar-refractivity contribution >= 4 is 21.6 Å². The Balaban J connectivity index is 1.74. The number of aromatic hydroxyl groups is 1. The predicted octanol–water partition coefficient (Wildman–Crippen LogP) is 6.05. The number of hydrogen-bond donors (Lipinski definition) is 2. The molecule has 3 rings (SSSR count). The van der Waals surface area contributed by atoms with Crippen LogP contribution >= 0.6 is 15.9 Å². The van der Waals surface area contributed by atoms with Gasteiger partial charge in [-0.2, -0.15) is 0 Å². The van der Waals surface area contributed by atoms with Crippen LogP contribution in [0.5, 0.6) is 17.2 Å². The highest BCUT2D eigenvalue weighted by molar-refractivity contribution is 9.10. The average Bonchev–Trinajstić information content (AvgIpc) is 2.67. The van der Waals surface area contributed by atoms with Crippen molar-refractivity contribution in [2.75, 3.05) is 11.9 Å². The van der Waals surface area contributed by atoms with Crippen molar-refractivity contribution in [2.45, 2.75) is 27.0 Å². The SMILES string of the molecule is CCOc1cc(CNc2ccc(O)cc2)cc(Br)c1OCc1cccc(C)c1. The second-order valence-electron chi connectivity index (χ2n) is 6.52. The van der Waals surface area contributed by atoms with Crippen LogP contribution in [0.3, 0.4) is 0 Å². The van der Waals surface area contributed by atoms with E-state index in [2.05, 4.69) is 46.4 Å². The van der Waals surface area contributed by atoms with Crippen molar-refractivity contribution in [3.05, 3.63) is 81.8 Å². The predicted molar refractivity (Wildman–Crippen MR) is 116 cm³/mol. The fourth-order valence-electron chi connectivity index (χ4n) is 2.87. The molecule has 146 valence electrons. The van der Waals surface area contributed by atoms with E-state index < -0.39 is 0 Å². The number of hydrogen-bond acceptors (Lipinski definition) is 4. The van der Waals surface area contributed by atoms with E-state index in [0.29, 0.717) is 31.3 Å². The van der Waals surface area contributed by atoms with E-state index in [1.807, 2.05) is 37.3 Å². The molecule has 4 nitrogen and oxygen atoms in total. The molecule has 0 unspecified atom stereocenters. The lowest BCUT2D eigenvalue weighted by atomic mass is 10.1. The Labute approximate surface area is 174 Å². The van der Waals surface area contributed by atoms with Gasteiger partial charge in [-0.1, -0.05) is 29.8 Å². The summed E-state index contributed by atoms with van der Waals surface area (Å²) in [5, 5.41) is 12.7. The van der Waals surface area contributed by atoms with E-state index >= 15 is 0 Å². The van der Waals surface area contributed by atoms with E-state index in [9.17, 15) is 5.11 Å². The highest BCUT2D eigenvalue weighted by atomic mass is 79.9. The molecule has 0 heterocycles. The molecule has 0 saturated heterocycles. The van der Waals surface area contributed by atoms with E-state index in [4.69, 9.17) is 9.47 Å². The third kappa shape index (κ3) is 5.42. The largest absolute Gasteiger partial charge is 0.508 e. The molecule has 0 aromatic heterocycles. The van der Waals surface area contributed by atoms with Crippen molar-refractivity contribution in [3.63, 3.8) is 0 Å². The topological polar surface area (TPSA) is 50.7 Å². The Morgan fingerprint density at radius 2 is 1.75 bits per heavy atom. The van der Waals surface area contributed by atoms with Crippen LogP contribution in [0.2, 0.25) is 0 Å². The molecule has 0 bridgehead atoms. The first-order chi connectivity index (χ1) is 13.5. The highest BCUT2D eigenvalue weighted by Crippen LogP contribution is 2.37. The first kappa shape index (κ1) is 20.1. The van der Waals surface area contributed by atoms with Crippen molar-refractivity contribution in [1.82, 2.24) is 0 Å². The summed E-state index contributed by atoms with van der Waals surface area (Å²) in [6, 6.07) is 19.3. The summed E-state index contributed by atoms with van der Waals surface area (Å²) < 4.78 is 12.8. The van der Waals surface area contributed by atoms with Gasteiger partial charge in [0.1, 0.15) is 12.4 Å². The van der Waals surface area contributed by atoms with Crippen LogP contribution in [0.15, 0.2) is 65.1 Å². The zero-order valence-corrected chi connectivity index (χ0v) is 17.6. The molecule has 2 N–H and O–H groups in total. The minimum Gasteiger partial charge on any atom is -0.508 e. The minimum atomic E-state index is 0.252. The normalized spacial score (nSPS) is 10.5. The highest BCUT2D eigenvalue weighted by Gasteiger charge is 2.13. The summed E-state index contributed by atoms with van der Waals surface area (Å²) in [6.45, 7) is 5.69. The maximum absolute atomic E-state index is 9.39. The fourth-order valence-corrected chi connectivity index (χ4v) is 3.47. The number of benzene rings is 3. The second kappa shape index (κ2) is 9.51. The molecule has 0 saturated carbocycles. The Kier molecular flexibility index (Phi) is 6.82. The minimum absolute atomic E-state index is 0.252. The third-order valence-corrected chi connectivity index (χ3v) is 4.79. The molecule has 0 spiro atoms. The molecular weight excluding hydrogens is 418 g/mol. The molecule has 0 aliphatic rings. The van der Waals surface area contributed by atoms with Crippen LogP contribution in [-0.2, 0) is 13.2 Å². The third-order valence-electron chi connectivity index (χ3n) is 4.20. The van der Waals surface area contributed by atoms with Crippen LogP contribution in [0.25, 0.3) is 0 Å². The zero-order chi connectivity index (χ0) is 19.9. The van der Waals surface area contributed by atoms with Crippen LogP contribution in [0.4, 0.5) is 5.69 Å². The second-order valence-corrected chi connectivity index (χ2v) is 7.37. The van der Waals surface area contributed by atoms with E-state index in [-0.39, 0.29) is 5.75 Å². The van der Waals surface area contributed by atoms with Gasteiger partial charge in [0.25, 0.3) is 0 Å². The van der Waals surface area contributed by atoms with Gasteiger partial charge < -0.3 is 19.9 Å². The Bertz CT molecular complexity index is 926. The lowest BCUT2D eigenvalue weighted by Gasteiger charge is -2.16. The van der Waals surface area contributed by atoms with Gasteiger partial charge in [0, 0.05) is 12.2 Å². The first-order valence-corrected chi connectivity index (χ1v) is 10.0. The molecule has 3 aromatic carbocycles. The van der Waals surface area contributed by atoms with E-state index in [1.165, 1.54) is 5.56 Å². The Hall–Kier alpha value is -2.66. The van der Waals surface area contributed by atoms with E-state index in [0.717, 1.165) is 21.3 Å². The van der Waals surface area contributed by atoms with Crippen LogP contribution in [-0.4, -0.2) is 11.7 Å². The number of aryl methyl sites for hydroxylation is 1. The summed E-state index contributed by atoms with van der Waals surface area (Å²) in [6.07, 6.45) is 0. The first-order valence-electron chi connectivity index (χ1n) is 9.21. The van der Waals surface area contributed by atoms with Crippen LogP contribution in [0, 0.1) is 6.92 Å². The summed E-state index contributed by atoms with van der Waals surface area (Å²) in [5.41, 5.74) is 4.33. The number of anilines is 1. The van der Waals surface area contributed by atoms with Crippen LogP contribution in [0.1, 0.15) is 23.6 Å². The molecule has 0 aliphatic carbocycles. The standard InChI is InChI=1S/C23H24BrNO3/c1-3-27-22-13-18(14-25-19-7-9-20(26)10-8-19)12-21(24)23(22)28-15-17-6-4-5-16(2)11-17/h4-13,25-26H,3,14-15H2,1-2H3. The number of halogens is 1. The van der Waals surface area contributed by atoms with Gasteiger partial charge in [0.2, 0.25) is 0 Å². The molecule has 3 aromatic rings. The summed E-state index contributed by atoms with van der Waals surface area (Å²) in [4.78, 5) is 0. The van der Waals surface area contributed by atoms with Crippen molar-refractivity contribution in [1.29, 1.82) is 0 Å². The average molecular weight is 442 g/mol. The summed E-state index contributed by atoms with van der Waals surface area (Å²) in [5.74, 6) is 1.67. The van der Waals surface area contributed by atoms with Gasteiger partial charge in [-0.15, -0.1) is 0 Å². The number of nitrogens with one attached hydrogen (secondary N) is 1. The summed E-state index contributed by atoms with van der Waals surface area (Å²) >= 11 is 3.63. The van der Waals surface area contributed by atoms with Gasteiger partial charge in [-0.25, -0.2) is 0 Å². The molecule has 0 atom stereocenters. The molecule has 5 heteroatoms. The molecule has 0 aliphatic heterocycles. The van der Waals surface area contributed by atoms with Gasteiger partial charge in [0.05, 0.1) is 11.1 Å². The maximum atomic E-state index is 9.39. The molecule has 0 fully saturated rings. The quantitative estimate of drug-likeness (QED) is 0.417. The molecule has 0 radical (unpaired) electrons. The number of phenols is 1. The van der Waals surface area contributed by atoms with Crippen molar-refractivity contribution in [3.8, 4) is 17.2 Å². The van der Waals surface area contributed by atoms with Gasteiger partial charge >= 0.3 is 0 Å². The number of ether oxygens (including phenoxy) is 2. The fraction of sp³-hybridized carbons (Fsp3) is 0.217. The van der Waals surface area contributed by atoms with Crippen LogP contribution < -0.4 is 14.8 Å². The van der Waals surface area contributed by atoms with Crippen molar-refractivity contribution < 1.29 is 14.6 Å². The molecular formula is C23H24BrNO3. The lowest BCUT2D eigenvalue weighted by Crippen LogP contribution is -2.04. The van der Waals surface area contributed by atoms with E-state index in [1.54, 1.807) is 12.1 Å². The smallest absolute Gasteiger partial charge is 0.175 e. The number of phenolic OH excluding ortho intramolecular Hbond substituents is 1. The molecule has 0 amide bonds. The van der Waals surface area contributed by atoms with Gasteiger partial charge in [0.15, 0.2) is 11.5 Å². The zero-order valence-electron chi connectivity index (χ0n) is 16.0. The monoisotopic (exact) mass is 441 g/mol. The maximum Gasteiger partial charge on any atom is 0.175 e. The summed E-state index contributed by atoms with van der Waals surface area (Å²) in [7, 11) is 0. The number of rotatable bonds is 8. The van der Waals surface area contributed by atoms with Gasteiger partial charge in [-0.05, 0) is 77.3 Å². The Morgan fingerprint density at radius 1 is 0.964 bits per heavy atom. The van der Waals surface area contributed by atoms with Gasteiger partial charge in [-0.3, -0.25) is 0 Å².